The van der Waals surface area contributed by atoms with Gasteiger partial charge in [0.15, 0.2) is 0 Å². The highest BCUT2D eigenvalue weighted by Crippen LogP contribution is 2.25. The Morgan fingerprint density at radius 2 is 1.68 bits per heavy atom. The Bertz CT molecular complexity index is 332. The van der Waals surface area contributed by atoms with Crippen molar-refractivity contribution in [2.45, 2.75) is 70.5 Å². The Labute approximate surface area is 117 Å². The van der Waals surface area contributed by atoms with Crippen molar-refractivity contribution < 1.29 is 10.2 Å². The van der Waals surface area contributed by atoms with E-state index in [9.17, 15) is 10.2 Å². The van der Waals surface area contributed by atoms with Crippen LogP contribution in [-0.2, 0) is 0 Å². The number of hydrogen-bond acceptors (Lipinski definition) is 2. The minimum atomic E-state index is -0.578. The van der Waals surface area contributed by atoms with Crippen LogP contribution in [0.15, 0.2) is 30.3 Å². The van der Waals surface area contributed by atoms with E-state index in [1.165, 1.54) is 12.8 Å². The van der Waals surface area contributed by atoms with Gasteiger partial charge in [-0.2, -0.15) is 0 Å². The third kappa shape index (κ3) is 6.74. The first-order chi connectivity index (χ1) is 9.05. The van der Waals surface area contributed by atoms with Gasteiger partial charge in [0.2, 0.25) is 0 Å². The molecule has 0 fully saturated rings. The fourth-order valence-electron chi connectivity index (χ4n) is 2.40. The summed E-state index contributed by atoms with van der Waals surface area (Å²) >= 11 is 0. The number of unbranched alkanes of at least 4 members (excludes halogenated alkanes) is 2. The van der Waals surface area contributed by atoms with Crippen molar-refractivity contribution in [3.05, 3.63) is 35.9 Å². The molecule has 0 spiro atoms. The first-order valence-corrected chi connectivity index (χ1v) is 7.50. The van der Waals surface area contributed by atoms with Gasteiger partial charge in [-0.1, -0.05) is 56.5 Å². The molecule has 108 valence electrons. The summed E-state index contributed by atoms with van der Waals surface area (Å²) in [5.74, 6) is 0. The highest BCUT2D eigenvalue weighted by Gasteiger charge is 2.19. The minimum Gasteiger partial charge on any atom is -0.390 e. The lowest BCUT2D eigenvalue weighted by Crippen LogP contribution is -2.23. The molecule has 0 heterocycles. The van der Waals surface area contributed by atoms with Gasteiger partial charge in [0.1, 0.15) is 0 Å². The molecule has 2 N–H and O–H groups in total. The summed E-state index contributed by atoms with van der Waals surface area (Å²) in [5.41, 5.74) is 0.388. The second kappa shape index (κ2) is 8.34. The van der Waals surface area contributed by atoms with Crippen LogP contribution in [0, 0.1) is 0 Å². The van der Waals surface area contributed by atoms with Gasteiger partial charge < -0.3 is 10.2 Å². The van der Waals surface area contributed by atoms with Crippen LogP contribution in [0.5, 0.6) is 0 Å². The third-order valence-electron chi connectivity index (χ3n) is 3.70. The van der Waals surface area contributed by atoms with Gasteiger partial charge in [0, 0.05) is 0 Å². The molecule has 19 heavy (non-hydrogen) atoms. The molecule has 0 saturated heterocycles. The molecule has 0 aromatic heterocycles. The molecule has 2 nitrogen and oxygen atoms in total. The number of benzene rings is 1. The molecule has 1 aromatic carbocycles. The van der Waals surface area contributed by atoms with Gasteiger partial charge in [-0.15, -0.1) is 0 Å². The van der Waals surface area contributed by atoms with E-state index in [0.717, 1.165) is 31.2 Å². The van der Waals surface area contributed by atoms with Crippen LogP contribution in [0.3, 0.4) is 0 Å². The van der Waals surface area contributed by atoms with E-state index in [-0.39, 0.29) is 0 Å². The van der Waals surface area contributed by atoms with Gasteiger partial charge in [-0.25, -0.2) is 0 Å². The third-order valence-corrected chi connectivity index (χ3v) is 3.70. The highest BCUT2D eigenvalue weighted by atomic mass is 16.3. The fourth-order valence-corrected chi connectivity index (χ4v) is 2.40. The monoisotopic (exact) mass is 264 g/mol. The van der Waals surface area contributed by atoms with Crippen molar-refractivity contribution in [1.82, 2.24) is 0 Å². The maximum atomic E-state index is 10.2. The van der Waals surface area contributed by atoms with Crippen LogP contribution in [0.1, 0.15) is 70.5 Å². The maximum absolute atomic E-state index is 10.2. The number of aliphatic hydroxyl groups is 2. The summed E-state index contributed by atoms with van der Waals surface area (Å²) in [6.45, 7) is 4.09. The Morgan fingerprint density at radius 3 is 2.32 bits per heavy atom. The standard InChI is InChI=1S/C17H28O2/c1-3-4-8-13-17(2,19)14-9-12-16(18)15-10-6-5-7-11-15/h5-7,10-11,16,18-19H,3-4,8-9,12-14H2,1-2H3/t16-,17-/m1/s1. The SMILES string of the molecule is CCCCC[C@@](C)(O)CCC[C@@H](O)c1ccccc1. The average Bonchev–Trinajstić information content (AvgIpc) is 2.39. The van der Waals surface area contributed by atoms with E-state index in [0.29, 0.717) is 6.42 Å². The molecular weight excluding hydrogens is 236 g/mol. The molecule has 0 aliphatic rings. The second-order valence-corrected chi connectivity index (χ2v) is 5.77. The molecule has 0 aliphatic heterocycles. The topological polar surface area (TPSA) is 40.5 Å². The van der Waals surface area contributed by atoms with Crippen molar-refractivity contribution in [3.8, 4) is 0 Å². The Hall–Kier alpha value is -0.860. The number of rotatable bonds is 9. The fraction of sp³-hybridized carbons (Fsp3) is 0.647. The van der Waals surface area contributed by atoms with Crippen molar-refractivity contribution >= 4 is 0 Å². The zero-order chi connectivity index (χ0) is 14.1. The molecule has 0 amide bonds. The highest BCUT2D eigenvalue weighted by molar-refractivity contribution is 5.17. The predicted molar refractivity (Wildman–Crippen MR) is 80.0 cm³/mol. The summed E-state index contributed by atoms with van der Waals surface area (Å²) in [6.07, 6.45) is 6.25. The van der Waals surface area contributed by atoms with E-state index in [1.807, 2.05) is 37.3 Å². The van der Waals surface area contributed by atoms with E-state index in [4.69, 9.17) is 0 Å². The van der Waals surface area contributed by atoms with E-state index < -0.39 is 11.7 Å². The smallest absolute Gasteiger partial charge is 0.0790 e. The molecule has 0 bridgehead atoms. The van der Waals surface area contributed by atoms with Gasteiger partial charge in [-0.05, 0) is 38.2 Å². The molecule has 0 saturated carbocycles. The predicted octanol–water partition coefficient (Wildman–Crippen LogP) is 4.22. The van der Waals surface area contributed by atoms with Gasteiger partial charge in [0.25, 0.3) is 0 Å². The van der Waals surface area contributed by atoms with Crippen LogP contribution in [0.25, 0.3) is 0 Å². The average molecular weight is 264 g/mol. The first-order valence-electron chi connectivity index (χ1n) is 7.50. The maximum Gasteiger partial charge on any atom is 0.0790 e. The Kier molecular flexibility index (Phi) is 7.11. The Morgan fingerprint density at radius 1 is 1.05 bits per heavy atom. The van der Waals surface area contributed by atoms with Crippen LogP contribution in [0.2, 0.25) is 0 Å². The van der Waals surface area contributed by atoms with E-state index >= 15 is 0 Å². The molecule has 2 heteroatoms. The summed E-state index contributed by atoms with van der Waals surface area (Å²) in [6, 6.07) is 9.74. The summed E-state index contributed by atoms with van der Waals surface area (Å²) in [4.78, 5) is 0. The molecular formula is C17H28O2. The minimum absolute atomic E-state index is 0.410. The molecule has 0 radical (unpaired) electrons. The second-order valence-electron chi connectivity index (χ2n) is 5.77. The summed E-state index contributed by atoms with van der Waals surface area (Å²) in [5, 5.41) is 20.3. The zero-order valence-electron chi connectivity index (χ0n) is 12.3. The van der Waals surface area contributed by atoms with E-state index in [2.05, 4.69) is 6.92 Å². The van der Waals surface area contributed by atoms with Gasteiger partial charge in [0.05, 0.1) is 11.7 Å². The van der Waals surface area contributed by atoms with Crippen LogP contribution < -0.4 is 0 Å². The lowest BCUT2D eigenvalue weighted by Gasteiger charge is -2.23. The van der Waals surface area contributed by atoms with Crippen molar-refractivity contribution in [2.75, 3.05) is 0 Å². The molecule has 2 atom stereocenters. The van der Waals surface area contributed by atoms with Crippen molar-refractivity contribution in [1.29, 1.82) is 0 Å². The van der Waals surface area contributed by atoms with Crippen LogP contribution >= 0.6 is 0 Å². The summed E-state index contributed by atoms with van der Waals surface area (Å²) in [7, 11) is 0. The molecule has 0 aliphatic carbocycles. The van der Waals surface area contributed by atoms with Crippen molar-refractivity contribution in [3.63, 3.8) is 0 Å². The lowest BCUT2D eigenvalue weighted by molar-refractivity contribution is 0.0327. The largest absolute Gasteiger partial charge is 0.390 e. The molecule has 1 rings (SSSR count). The normalized spacial score (nSPS) is 16.0. The molecule has 0 unspecified atom stereocenters. The quantitative estimate of drug-likeness (QED) is 0.656. The van der Waals surface area contributed by atoms with Crippen LogP contribution in [-0.4, -0.2) is 15.8 Å². The van der Waals surface area contributed by atoms with Gasteiger partial charge >= 0.3 is 0 Å². The zero-order valence-corrected chi connectivity index (χ0v) is 12.3. The summed E-state index contributed by atoms with van der Waals surface area (Å²) < 4.78 is 0. The lowest BCUT2D eigenvalue weighted by atomic mass is 9.91. The van der Waals surface area contributed by atoms with Gasteiger partial charge in [-0.3, -0.25) is 0 Å². The van der Waals surface area contributed by atoms with Crippen LogP contribution in [0.4, 0.5) is 0 Å². The number of aliphatic hydroxyl groups excluding tert-OH is 1. The van der Waals surface area contributed by atoms with E-state index in [1.54, 1.807) is 0 Å². The first kappa shape index (κ1) is 16.2. The Balaban J connectivity index is 2.25. The van der Waals surface area contributed by atoms with Crippen molar-refractivity contribution in [2.24, 2.45) is 0 Å². The number of hydrogen-bond donors (Lipinski definition) is 2. The molecule has 1 aromatic rings.